The second kappa shape index (κ2) is 9.18. The van der Waals surface area contributed by atoms with Crippen molar-refractivity contribution in [3.63, 3.8) is 0 Å². The zero-order valence-corrected chi connectivity index (χ0v) is 16.1. The van der Waals surface area contributed by atoms with E-state index in [2.05, 4.69) is 10.6 Å². The van der Waals surface area contributed by atoms with Crippen LogP contribution in [0.5, 0.6) is 0 Å². The van der Waals surface area contributed by atoms with E-state index in [-0.39, 0.29) is 25.6 Å². The number of benzene rings is 1. The molecule has 1 unspecified atom stereocenters. The maximum absolute atomic E-state index is 12.6. The summed E-state index contributed by atoms with van der Waals surface area (Å²) in [6.07, 6.45) is 0. The molecule has 1 heterocycles. The molecule has 1 aliphatic rings. The van der Waals surface area contributed by atoms with Crippen molar-refractivity contribution in [1.29, 1.82) is 0 Å². The summed E-state index contributed by atoms with van der Waals surface area (Å²) in [7, 11) is 5.11. The lowest BCUT2D eigenvalue weighted by Gasteiger charge is -2.31. The van der Waals surface area contributed by atoms with Crippen molar-refractivity contribution in [2.75, 3.05) is 40.8 Å². The van der Waals surface area contributed by atoms with Gasteiger partial charge in [0.1, 0.15) is 0 Å². The van der Waals surface area contributed by atoms with Crippen LogP contribution in [0, 0.1) is 0 Å². The maximum atomic E-state index is 12.6. The minimum Gasteiger partial charge on any atom is -0.463 e. The quantitative estimate of drug-likeness (QED) is 0.692. The predicted octanol–water partition coefficient (Wildman–Crippen LogP) is 0.878. The molecule has 0 spiro atoms. The second-order valence-corrected chi connectivity index (χ2v) is 6.52. The van der Waals surface area contributed by atoms with Gasteiger partial charge in [-0.3, -0.25) is 9.69 Å². The Hall–Kier alpha value is -2.87. The molecule has 8 heteroatoms. The second-order valence-electron chi connectivity index (χ2n) is 6.52. The van der Waals surface area contributed by atoms with Crippen LogP contribution >= 0.6 is 0 Å². The van der Waals surface area contributed by atoms with E-state index in [1.807, 2.05) is 30.3 Å². The molecule has 0 aliphatic carbocycles. The Labute approximate surface area is 159 Å². The summed E-state index contributed by atoms with van der Waals surface area (Å²) in [4.78, 5) is 40.0. The number of nitrogens with one attached hydrogen (secondary N) is 2. The highest BCUT2D eigenvalue weighted by molar-refractivity contribution is 5.95. The van der Waals surface area contributed by atoms with Crippen molar-refractivity contribution in [2.45, 2.75) is 13.0 Å². The highest BCUT2D eigenvalue weighted by Crippen LogP contribution is 2.27. The van der Waals surface area contributed by atoms with E-state index in [9.17, 15) is 14.4 Å². The van der Waals surface area contributed by atoms with Gasteiger partial charge in [0.2, 0.25) is 5.91 Å². The molecule has 0 bridgehead atoms. The minimum absolute atomic E-state index is 0.0735. The standard InChI is InChI=1S/C19H26N4O4/c1-5-27-18(25)16-14(11-23(4)12-15(24)22(2)3)20-19(26)21-17(16)13-9-7-6-8-10-13/h6-10,17H,5,11-12H2,1-4H3,(H2,20,21,26). The Morgan fingerprint density at radius 1 is 1.15 bits per heavy atom. The molecule has 0 fully saturated rings. The molecule has 2 N–H and O–H groups in total. The molecule has 0 saturated heterocycles. The zero-order chi connectivity index (χ0) is 20.0. The lowest BCUT2D eigenvalue weighted by Crippen LogP contribution is -2.48. The smallest absolute Gasteiger partial charge is 0.338 e. The number of rotatable bonds is 7. The highest BCUT2D eigenvalue weighted by Gasteiger charge is 2.34. The number of urea groups is 1. The van der Waals surface area contributed by atoms with Gasteiger partial charge < -0.3 is 20.3 Å². The van der Waals surface area contributed by atoms with Gasteiger partial charge in [-0.1, -0.05) is 30.3 Å². The molecule has 1 atom stereocenters. The van der Waals surface area contributed by atoms with E-state index < -0.39 is 18.0 Å². The monoisotopic (exact) mass is 374 g/mol. The molecule has 1 aliphatic heterocycles. The third-order valence-electron chi connectivity index (χ3n) is 4.11. The van der Waals surface area contributed by atoms with Crippen molar-refractivity contribution in [1.82, 2.24) is 20.4 Å². The highest BCUT2D eigenvalue weighted by atomic mass is 16.5. The van der Waals surface area contributed by atoms with Crippen LogP contribution in [0.2, 0.25) is 0 Å². The largest absolute Gasteiger partial charge is 0.463 e. The SMILES string of the molecule is CCOC(=O)C1=C(CN(C)CC(=O)N(C)C)NC(=O)NC1c1ccccc1. The van der Waals surface area contributed by atoms with Gasteiger partial charge in [0.25, 0.3) is 0 Å². The normalized spacial score (nSPS) is 16.6. The molecule has 1 aromatic carbocycles. The van der Waals surface area contributed by atoms with Gasteiger partial charge >= 0.3 is 12.0 Å². The molecular formula is C19H26N4O4. The molecular weight excluding hydrogens is 348 g/mol. The first-order chi connectivity index (χ1) is 12.8. The number of nitrogens with zero attached hydrogens (tertiary/aromatic N) is 2. The molecule has 8 nitrogen and oxygen atoms in total. The van der Waals surface area contributed by atoms with Gasteiger partial charge in [0, 0.05) is 26.3 Å². The molecule has 27 heavy (non-hydrogen) atoms. The lowest BCUT2D eigenvalue weighted by atomic mass is 9.95. The van der Waals surface area contributed by atoms with Crippen molar-refractivity contribution in [3.05, 3.63) is 47.2 Å². The fourth-order valence-corrected chi connectivity index (χ4v) is 2.79. The Morgan fingerprint density at radius 2 is 1.81 bits per heavy atom. The van der Waals surface area contributed by atoms with E-state index in [0.717, 1.165) is 5.56 Å². The van der Waals surface area contributed by atoms with Gasteiger partial charge in [-0.25, -0.2) is 9.59 Å². The van der Waals surface area contributed by atoms with Crippen molar-refractivity contribution in [3.8, 4) is 0 Å². The van der Waals surface area contributed by atoms with Crippen molar-refractivity contribution < 1.29 is 19.1 Å². The summed E-state index contributed by atoms with van der Waals surface area (Å²) in [5.74, 6) is -0.572. The number of hydrogen-bond donors (Lipinski definition) is 2. The average Bonchev–Trinajstić information content (AvgIpc) is 2.61. The fourth-order valence-electron chi connectivity index (χ4n) is 2.79. The number of esters is 1. The van der Waals surface area contributed by atoms with Crippen LogP contribution in [-0.2, 0) is 14.3 Å². The molecule has 0 aromatic heterocycles. The summed E-state index contributed by atoms with van der Waals surface area (Å²) >= 11 is 0. The van der Waals surface area contributed by atoms with Crippen LogP contribution in [0.3, 0.4) is 0 Å². The van der Waals surface area contributed by atoms with E-state index in [0.29, 0.717) is 11.3 Å². The van der Waals surface area contributed by atoms with Crippen LogP contribution in [-0.4, -0.2) is 68.5 Å². The Bertz CT molecular complexity index is 730. The Kier molecular flexibility index (Phi) is 6.95. The van der Waals surface area contributed by atoms with Crippen LogP contribution < -0.4 is 10.6 Å². The third kappa shape index (κ3) is 5.30. The predicted molar refractivity (Wildman–Crippen MR) is 101 cm³/mol. The van der Waals surface area contributed by atoms with Crippen LogP contribution in [0.15, 0.2) is 41.6 Å². The van der Waals surface area contributed by atoms with Crippen molar-refractivity contribution >= 4 is 17.9 Å². The molecule has 1 aromatic rings. The van der Waals surface area contributed by atoms with Gasteiger partial charge in [0.05, 0.1) is 24.8 Å². The number of hydrogen-bond acceptors (Lipinski definition) is 5. The van der Waals surface area contributed by atoms with E-state index in [1.54, 1.807) is 33.0 Å². The summed E-state index contributed by atoms with van der Waals surface area (Å²) in [6.45, 7) is 2.34. The third-order valence-corrected chi connectivity index (χ3v) is 4.11. The van der Waals surface area contributed by atoms with Crippen LogP contribution in [0.1, 0.15) is 18.5 Å². The lowest BCUT2D eigenvalue weighted by molar-refractivity contribution is -0.139. The van der Waals surface area contributed by atoms with E-state index in [1.165, 1.54) is 4.90 Å². The molecule has 2 rings (SSSR count). The minimum atomic E-state index is -0.619. The van der Waals surface area contributed by atoms with Gasteiger partial charge in [-0.05, 0) is 19.5 Å². The fraction of sp³-hybridized carbons (Fsp3) is 0.421. The van der Waals surface area contributed by atoms with Crippen molar-refractivity contribution in [2.24, 2.45) is 0 Å². The van der Waals surface area contributed by atoms with E-state index >= 15 is 0 Å². The Balaban J connectivity index is 2.37. The number of carbonyl (C=O) groups excluding carboxylic acids is 3. The zero-order valence-electron chi connectivity index (χ0n) is 16.1. The summed E-state index contributed by atoms with van der Waals surface area (Å²) in [5.41, 5.74) is 1.55. The van der Waals surface area contributed by atoms with Gasteiger partial charge in [-0.15, -0.1) is 0 Å². The Morgan fingerprint density at radius 3 is 2.41 bits per heavy atom. The summed E-state index contributed by atoms with van der Waals surface area (Å²) in [5, 5.41) is 5.48. The van der Waals surface area contributed by atoms with E-state index in [4.69, 9.17) is 4.74 Å². The molecule has 0 radical (unpaired) electrons. The average molecular weight is 374 g/mol. The van der Waals surface area contributed by atoms with Crippen LogP contribution in [0.4, 0.5) is 4.79 Å². The molecule has 3 amide bonds. The summed E-state index contributed by atoms with van der Waals surface area (Å²) < 4.78 is 5.22. The van der Waals surface area contributed by atoms with Gasteiger partial charge in [0.15, 0.2) is 0 Å². The number of likely N-dealkylation sites (N-methyl/N-ethyl adjacent to an activating group) is 2. The first-order valence-corrected chi connectivity index (χ1v) is 8.74. The van der Waals surface area contributed by atoms with Gasteiger partial charge in [-0.2, -0.15) is 0 Å². The maximum Gasteiger partial charge on any atom is 0.338 e. The van der Waals surface area contributed by atoms with Crippen LogP contribution in [0.25, 0.3) is 0 Å². The first kappa shape index (κ1) is 20.4. The summed E-state index contributed by atoms with van der Waals surface area (Å²) in [6, 6.07) is 8.20. The first-order valence-electron chi connectivity index (χ1n) is 8.74. The molecule has 0 saturated carbocycles. The number of ether oxygens (including phenoxy) is 1. The number of amides is 3. The topological polar surface area (TPSA) is 91.0 Å². The molecule has 146 valence electrons. The number of carbonyl (C=O) groups is 3.